The van der Waals surface area contributed by atoms with Gasteiger partial charge in [0.05, 0.1) is 0 Å². The first-order valence-corrected chi connectivity index (χ1v) is 8.29. The van der Waals surface area contributed by atoms with Gasteiger partial charge in [0.25, 0.3) is 0 Å². The molecule has 0 saturated heterocycles. The quantitative estimate of drug-likeness (QED) is 0.638. The second-order valence-corrected chi connectivity index (χ2v) is 6.38. The summed E-state index contributed by atoms with van der Waals surface area (Å²) < 4.78 is 0. The van der Waals surface area contributed by atoms with Crippen LogP contribution in [0.25, 0.3) is 16.3 Å². The van der Waals surface area contributed by atoms with E-state index in [4.69, 9.17) is 0 Å². The zero-order chi connectivity index (χ0) is 14.2. The van der Waals surface area contributed by atoms with Gasteiger partial charge >= 0.3 is 0 Å². The third-order valence-corrected chi connectivity index (χ3v) is 5.12. The van der Waals surface area contributed by atoms with Gasteiger partial charge in [-0.2, -0.15) is 0 Å². The molecule has 0 aromatic heterocycles. The molecule has 0 heterocycles. The maximum Gasteiger partial charge on any atom is -0.0146 e. The predicted octanol–water partition coefficient (Wildman–Crippen LogP) is 5.92. The summed E-state index contributed by atoms with van der Waals surface area (Å²) in [6, 6.07) is 13.5. The van der Waals surface area contributed by atoms with Crippen LogP contribution in [0.15, 0.2) is 54.1 Å². The van der Waals surface area contributed by atoms with Gasteiger partial charge in [-0.25, -0.2) is 0 Å². The Hall–Kier alpha value is -1.82. The highest BCUT2D eigenvalue weighted by Crippen LogP contribution is 2.43. The number of benzene rings is 2. The molecule has 0 N–H and O–H groups in total. The molecule has 0 spiro atoms. The smallest absolute Gasteiger partial charge is 0.0146 e. The monoisotopic (exact) mass is 274 g/mol. The number of fused-ring (bicyclic) bond motifs is 4. The summed E-state index contributed by atoms with van der Waals surface area (Å²) in [7, 11) is 0. The van der Waals surface area contributed by atoms with Gasteiger partial charge in [-0.3, -0.25) is 0 Å². The third kappa shape index (κ3) is 2.05. The molecule has 0 unspecified atom stereocenters. The van der Waals surface area contributed by atoms with Crippen molar-refractivity contribution in [3.8, 4) is 0 Å². The van der Waals surface area contributed by atoms with Crippen molar-refractivity contribution in [3.05, 3.63) is 65.3 Å². The third-order valence-electron chi connectivity index (χ3n) is 5.12. The lowest BCUT2D eigenvalue weighted by Gasteiger charge is -2.32. The van der Waals surface area contributed by atoms with Crippen molar-refractivity contribution in [2.75, 3.05) is 0 Å². The number of hydrogen-bond acceptors (Lipinski definition) is 0. The van der Waals surface area contributed by atoms with Crippen LogP contribution in [-0.4, -0.2) is 0 Å². The average molecular weight is 274 g/mol. The van der Waals surface area contributed by atoms with E-state index in [9.17, 15) is 0 Å². The molecule has 106 valence electrons. The van der Waals surface area contributed by atoms with Crippen molar-refractivity contribution in [2.24, 2.45) is 5.92 Å². The first kappa shape index (κ1) is 12.9. The summed E-state index contributed by atoms with van der Waals surface area (Å²) in [5.74, 6) is 0.758. The average Bonchev–Trinajstić information content (AvgIpc) is 2.55. The first-order valence-electron chi connectivity index (χ1n) is 8.29. The van der Waals surface area contributed by atoms with Gasteiger partial charge in [-0.1, -0.05) is 67.5 Å². The lowest BCUT2D eigenvalue weighted by Crippen LogP contribution is -2.17. The van der Waals surface area contributed by atoms with E-state index in [0.29, 0.717) is 0 Å². The number of rotatable bonds is 2. The van der Waals surface area contributed by atoms with E-state index in [0.717, 1.165) is 5.92 Å². The normalized spacial score (nSPS) is 20.5. The molecule has 0 aliphatic heterocycles. The lowest BCUT2D eigenvalue weighted by molar-refractivity contribution is 0.525. The topological polar surface area (TPSA) is 0 Å². The fourth-order valence-electron chi connectivity index (χ4n) is 4.17. The summed E-state index contributed by atoms with van der Waals surface area (Å²) in [5.41, 5.74) is 6.33. The van der Waals surface area contributed by atoms with Gasteiger partial charge in [-0.05, 0) is 59.1 Å². The molecule has 21 heavy (non-hydrogen) atoms. The van der Waals surface area contributed by atoms with E-state index in [-0.39, 0.29) is 0 Å². The van der Waals surface area contributed by atoms with Gasteiger partial charge in [0.2, 0.25) is 0 Å². The van der Waals surface area contributed by atoms with Crippen LogP contribution in [0.4, 0.5) is 0 Å². The Labute approximate surface area is 127 Å². The van der Waals surface area contributed by atoms with Crippen LogP contribution in [0.1, 0.15) is 43.7 Å². The van der Waals surface area contributed by atoms with E-state index < -0.39 is 0 Å². The van der Waals surface area contributed by atoms with Gasteiger partial charge in [-0.15, -0.1) is 0 Å². The molecule has 2 aromatic carbocycles. The minimum Gasteiger partial charge on any atom is -0.0836 e. The van der Waals surface area contributed by atoms with E-state index in [1.165, 1.54) is 54.0 Å². The van der Waals surface area contributed by atoms with Crippen LogP contribution in [0, 0.1) is 5.92 Å². The van der Waals surface area contributed by atoms with E-state index in [1.807, 2.05) is 0 Å². The molecular weight excluding hydrogens is 252 g/mol. The lowest BCUT2D eigenvalue weighted by atomic mass is 9.72. The van der Waals surface area contributed by atoms with Crippen molar-refractivity contribution in [1.82, 2.24) is 0 Å². The molecule has 1 atom stereocenters. The highest BCUT2D eigenvalue weighted by Gasteiger charge is 2.27. The van der Waals surface area contributed by atoms with Crippen LogP contribution in [0.2, 0.25) is 0 Å². The van der Waals surface area contributed by atoms with Gasteiger partial charge < -0.3 is 0 Å². The second-order valence-electron chi connectivity index (χ2n) is 6.38. The zero-order valence-electron chi connectivity index (χ0n) is 12.7. The molecule has 0 nitrogen and oxygen atoms in total. The maximum atomic E-state index is 2.38. The van der Waals surface area contributed by atoms with Crippen LogP contribution < -0.4 is 0 Å². The van der Waals surface area contributed by atoms with Crippen LogP contribution in [-0.2, 0) is 6.42 Å². The van der Waals surface area contributed by atoms with Crippen LogP contribution in [0.3, 0.4) is 0 Å². The fraction of sp³-hybridized carbons (Fsp3) is 0.333. The van der Waals surface area contributed by atoms with Crippen molar-refractivity contribution in [2.45, 2.75) is 39.0 Å². The van der Waals surface area contributed by atoms with Gasteiger partial charge in [0.1, 0.15) is 0 Å². The minimum atomic E-state index is 0.758. The number of allylic oxidation sites excluding steroid dienone is 4. The molecule has 0 amide bonds. The Morgan fingerprint density at radius 1 is 1.10 bits per heavy atom. The molecule has 0 fully saturated rings. The largest absolute Gasteiger partial charge is 0.0836 e. The molecule has 0 bridgehead atoms. The highest BCUT2D eigenvalue weighted by atomic mass is 14.3. The van der Waals surface area contributed by atoms with E-state index >= 15 is 0 Å². The molecule has 4 rings (SSSR count). The minimum absolute atomic E-state index is 0.758. The zero-order valence-corrected chi connectivity index (χ0v) is 12.7. The summed E-state index contributed by atoms with van der Waals surface area (Å²) in [4.78, 5) is 0. The number of hydrogen-bond donors (Lipinski definition) is 0. The van der Waals surface area contributed by atoms with Gasteiger partial charge in [0.15, 0.2) is 0 Å². The Balaban J connectivity index is 1.96. The van der Waals surface area contributed by atoms with Crippen molar-refractivity contribution in [3.63, 3.8) is 0 Å². The van der Waals surface area contributed by atoms with Crippen molar-refractivity contribution >= 4 is 16.3 Å². The molecule has 0 saturated carbocycles. The Kier molecular flexibility index (Phi) is 3.18. The molecular formula is C21H22. The van der Waals surface area contributed by atoms with E-state index in [2.05, 4.69) is 55.5 Å². The van der Waals surface area contributed by atoms with Crippen LogP contribution >= 0.6 is 0 Å². The summed E-state index contributed by atoms with van der Waals surface area (Å²) >= 11 is 0. The Bertz CT molecular complexity index is 746. The Morgan fingerprint density at radius 3 is 2.90 bits per heavy atom. The van der Waals surface area contributed by atoms with Gasteiger partial charge in [0, 0.05) is 0 Å². The molecule has 2 aliphatic rings. The Morgan fingerprint density at radius 2 is 2.00 bits per heavy atom. The molecule has 0 heteroatoms. The van der Waals surface area contributed by atoms with Crippen LogP contribution in [0.5, 0.6) is 0 Å². The molecule has 2 aliphatic carbocycles. The SMILES string of the molecule is CCC[C@H]1Cc2c(ccc3ccccc23)C2=C1CCC=C2. The maximum absolute atomic E-state index is 2.38. The predicted molar refractivity (Wildman–Crippen MR) is 91.3 cm³/mol. The first-order chi connectivity index (χ1) is 10.4. The standard InChI is InChI=1S/C21H22/c1-2-7-16-14-21-17-9-4-3-8-15(17)12-13-20(21)19-11-6-5-10-18(16)19/h3-4,6,8-9,11-13,16H,2,5,7,10,14H2,1H3/t16-/m0/s1. The summed E-state index contributed by atoms with van der Waals surface area (Å²) in [6.45, 7) is 2.32. The van der Waals surface area contributed by atoms with E-state index in [1.54, 1.807) is 11.1 Å². The molecule has 2 aromatic rings. The van der Waals surface area contributed by atoms with Crippen molar-refractivity contribution in [1.29, 1.82) is 0 Å². The highest BCUT2D eigenvalue weighted by molar-refractivity contribution is 5.94. The second kappa shape index (κ2) is 5.18. The fourth-order valence-corrected chi connectivity index (χ4v) is 4.17. The summed E-state index contributed by atoms with van der Waals surface area (Å²) in [5, 5.41) is 2.84. The molecule has 0 radical (unpaired) electrons. The van der Waals surface area contributed by atoms with Crippen molar-refractivity contribution < 1.29 is 0 Å². The summed E-state index contributed by atoms with van der Waals surface area (Å²) in [6.07, 6.45) is 11.1.